The standard InChI is InChI=1S/C12H27N/c1-9(2)11(5,6)12(7,8)13-10(3)4/h9-10,13H,1-8H3. The average Bonchev–Trinajstić information content (AvgIpc) is 1.83. The Morgan fingerprint density at radius 2 is 1.23 bits per heavy atom. The molecule has 1 nitrogen and oxygen atoms in total. The summed E-state index contributed by atoms with van der Waals surface area (Å²) in [5, 5.41) is 3.64. The maximum Gasteiger partial charge on any atom is 0.0180 e. The molecular weight excluding hydrogens is 158 g/mol. The van der Waals surface area contributed by atoms with Crippen LogP contribution in [0.15, 0.2) is 0 Å². The van der Waals surface area contributed by atoms with Crippen molar-refractivity contribution in [3.8, 4) is 0 Å². The zero-order valence-corrected chi connectivity index (χ0v) is 10.7. The Bertz CT molecular complexity index is 155. The molecule has 0 bridgehead atoms. The predicted octanol–water partition coefficient (Wildman–Crippen LogP) is 3.45. The quantitative estimate of drug-likeness (QED) is 0.707. The molecule has 0 aliphatic carbocycles. The molecule has 0 spiro atoms. The van der Waals surface area contributed by atoms with Crippen LogP contribution in [0.2, 0.25) is 0 Å². The molecule has 0 radical (unpaired) electrons. The van der Waals surface area contributed by atoms with Crippen LogP contribution in [0.3, 0.4) is 0 Å². The Hall–Kier alpha value is -0.0400. The second-order valence-electron chi connectivity index (χ2n) is 5.80. The molecule has 0 heterocycles. The van der Waals surface area contributed by atoms with Gasteiger partial charge in [0, 0.05) is 11.6 Å². The van der Waals surface area contributed by atoms with Crippen LogP contribution in [0.5, 0.6) is 0 Å². The normalized spacial score (nSPS) is 14.3. The molecule has 0 aliphatic rings. The van der Waals surface area contributed by atoms with Crippen LogP contribution in [0.4, 0.5) is 0 Å². The highest BCUT2D eigenvalue weighted by atomic mass is 15.0. The third kappa shape index (κ3) is 2.98. The number of hydrogen-bond donors (Lipinski definition) is 1. The van der Waals surface area contributed by atoms with Crippen molar-refractivity contribution in [2.24, 2.45) is 11.3 Å². The first kappa shape index (κ1) is 13.0. The second-order valence-corrected chi connectivity index (χ2v) is 5.80. The summed E-state index contributed by atoms with van der Waals surface area (Å²) >= 11 is 0. The van der Waals surface area contributed by atoms with Gasteiger partial charge >= 0.3 is 0 Å². The molecule has 80 valence electrons. The van der Waals surface area contributed by atoms with Gasteiger partial charge in [-0.05, 0) is 25.2 Å². The van der Waals surface area contributed by atoms with Gasteiger partial charge in [0.25, 0.3) is 0 Å². The van der Waals surface area contributed by atoms with Crippen LogP contribution >= 0.6 is 0 Å². The van der Waals surface area contributed by atoms with E-state index in [-0.39, 0.29) is 5.54 Å². The van der Waals surface area contributed by atoms with E-state index in [0.717, 1.165) is 0 Å². The van der Waals surface area contributed by atoms with Gasteiger partial charge in [-0.25, -0.2) is 0 Å². The van der Waals surface area contributed by atoms with E-state index < -0.39 is 0 Å². The third-order valence-corrected chi connectivity index (χ3v) is 3.70. The van der Waals surface area contributed by atoms with Gasteiger partial charge < -0.3 is 5.32 Å². The minimum atomic E-state index is 0.190. The fourth-order valence-electron chi connectivity index (χ4n) is 1.63. The lowest BCUT2D eigenvalue weighted by Gasteiger charge is -2.46. The zero-order valence-electron chi connectivity index (χ0n) is 10.7. The molecule has 0 atom stereocenters. The van der Waals surface area contributed by atoms with Crippen molar-refractivity contribution in [2.75, 3.05) is 0 Å². The highest BCUT2D eigenvalue weighted by Gasteiger charge is 2.39. The third-order valence-electron chi connectivity index (χ3n) is 3.70. The van der Waals surface area contributed by atoms with Crippen LogP contribution in [0.1, 0.15) is 55.4 Å². The first-order valence-corrected chi connectivity index (χ1v) is 5.39. The van der Waals surface area contributed by atoms with Crippen molar-refractivity contribution in [1.29, 1.82) is 0 Å². The van der Waals surface area contributed by atoms with Gasteiger partial charge in [-0.3, -0.25) is 0 Å². The molecule has 0 aromatic heterocycles. The number of nitrogens with one attached hydrogen (secondary N) is 1. The average molecular weight is 185 g/mol. The maximum atomic E-state index is 3.64. The zero-order chi connectivity index (χ0) is 10.9. The smallest absolute Gasteiger partial charge is 0.0180 e. The molecule has 0 saturated carbocycles. The predicted molar refractivity (Wildman–Crippen MR) is 61.0 cm³/mol. The van der Waals surface area contributed by atoms with Crippen LogP contribution in [-0.4, -0.2) is 11.6 Å². The molecule has 1 heteroatoms. The molecule has 0 aliphatic heterocycles. The van der Waals surface area contributed by atoms with Crippen molar-refractivity contribution in [1.82, 2.24) is 5.32 Å². The summed E-state index contributed by atoms with van der Waals surface area (Å²) in [6.07, 6.45) is 0. The van der Waals surface area contributed by atoms with Crippen LogP contribution in [0.25, 0.3) is 0 Å². The van der Waals surface area contributed by atoms with Gasteiger partial charge in [0.05, 0.1) is 0 Å². The highest BCUT2D eigenvalue weighted by molar-refractivity contribution is 4.95. The Kier molecular flexibility index (Phi) is 3.98. The largest absolute Gasteiger partial charge is 0.309 e. The summed E-state index contributed by atoms with van der Waals surface area (Å²) in [6, 6.07) is 0.549. The van der Waals surface area contributed by atoms with E-state index in [4.69, 9.17) is 0 Å². The van der Waals surface area contributed by atoms with E-state index in [1.807, 2.05) is 0 Å². The monoisotopic (exact) mass is 185 g/mol. The minimum absolute atomic E-state index is 0.190. The fourth-order valence-corrected chi connectivity index (χ4v) is 1.63. The molecule has 13 heavy (non-hydrogen) atoms. The molecule has 0 saturated heterocycles. The Morgan fingerprint density at radius 1 is 0.846 bits per heavy atom. The van der Waals surface area contributed by atoms with Crippen molar-refractivity contribution in [2.45, 2.75) is 67.0 Å². The highest BCUT2D eigenvalue weighted by Crippen LogP contribution is 2.37. The lowest BCUT2D eigenvalue weighted by molar-refractivity contribution is 0.0888. The summed E-state index contributed by atoms with van der Waals surface area (Å²) in [4.78, 5) is 0. The topological polar surface area (TPSA) is 12.0 Å². The summed E-state index contributed by atoms with van der Waals surface area (Å²) < 4.78 is 0. The van der Waals surface area contributed by atoms with Gasteiger partial charge in [0.1, 0.15) is 0 Å². The summed E-state index contributed by atoms with van der Waals surface area (Å²) in [7, 11) is 0. The van der Waals surface area contributed by atoms with Gasteiger partial charge in [-0.2, -0.15) is 0 Å². The van der Waals surface area contributed by atoms with Crippen molar-refractivity contribution in [3.63, 3.8) is 0 Å². The van der Waals surface area contributed by atoms with Crippen LogP contribution in [-0.2, 0) is 0 Å². The summed E-state index contributed by atoms with van der Waals surface area (Å²) in [5.74, 6) is 0.689. The minimum Gasteiger partial charge on any atom is -0.309 e. The second kappa shape index (κ2) is 4.00. The summed E-state index contributed by atoms with van der Waals surface area (Å²) in [6.45, 7) is 18.3. The van der Waals surface area contributed by atoms with E-state index >= 15 is 0 Å². The van der Waals surface area contributed by atoms with Crippen molar-refractivity contribution in [3.05, 3.63) is 0 Å². The van der Waals surface area contributed by atoms with E-state index in [9.17, 15) is 0 Å². The SMILES string of the molecule is CC(C)NC(C)(C)C(C)(C)C(C)C. The fraction of sp³-hybridized carbons (Fsp3) is 1.00. The Balaban J connectivity index is 4.60. The van der Waals surface area contributed by atoms with E-state index in [1.54, 1.807) is 0 Å². The molecule has 0 fully saturated rings. The maximum absolute atomic E-state index is 3.64. The lowest BCUT2D eigenvalue weighted by atomic mass is 9.67. The number of rotatable bonds is 4. The summed E-state index contributed by atoms with van der Waals surface area (Å²) in [5.41, 5.74) is 0.507. The molecule has 0 amide bonds. The first-order chi connectivity index (χ1) is 5.61. The van der Waals surface area contributed by atoms with Crippen molar-refractivity contribution < 1.29 is 0 Å². The Labute approximate surface area is 84.3 Å². The molecule has 0 rings (SSSR count). The van der Waals surface area contributed by atoms with Gasteiger partial charge in [-0.1, -0.05) is 41.5 Å². The van der Waals surface area contributed by atoms with E-state index in [2.05, 4.69) is 60.7 Å². The van der Waals surface area contributed by atoms with Gasteiger partial charge in [-0.15, -0.1) is 0 Å². The molecule has 1 N–H and O–H groups in total. The van der Waals surface area contributed by atoms with Crippen LogP contribution in [0, 0.1) is 11.3 Å². The van der Waals surface area contributed by atoms with Gasteiger partial charge in [0.15, 0.2) is 0 Å². The molecule has 0 aromatic carbocycles. The van der Waals surface area contributed by atoms with Gasteiger partial charge in [0.2, 0.25) is 0 Å². The lowest BCUT2D eigenvalue weighted by Crippen LogP contribution is -2.55. The first-order valence-electron chi connectivity index (χ1n) is 5.39. The van der Waals surface area contributed by atoms with E-state index in [1.165, 1.54) is 0 Å². The van der Waals surface area contributed by atoms with Crippen molar-refractivity contribution >= 4 is 0 Å². The molecule has 0 aromatic rings. The molecule has 0 unspecified atom stereocenters. The van der Waals surface area contributed by atoms with E-state index in [0.29, 0.717) is 17.4 Å². The Morgan fingerprint density at radius 3 is 1.46 bits per heavy atom. The molecular formula is C12H27N. The van der Waals surface area contributed by atoms with Crippen LogP contribution < -0.4 is 5.32 Å². The number of hydrogen-bond acceptors (Lipinski definition) is 1.